The summed E-state index contributed by atoms with van der Waals surface area (Å²) in [4.78, 5) is 11.1. The third kappa shape index (κ3) is 3.12. The lowest BCUT2D eigenvalue weighted by Crippen LogP contribution is -2.21. The molecule has 0 fully saturated rings. The number of esters is 1. The molecular formula is C11H15FN2O2. The lowest BCUT2D eigenvalue weighted by molar-refractivity contribution is -0.144. The minimum atomic E-state index is -0.385. The fraction of sp³-hybridized carbons (Fsp3) is 0.364. The fourth-order valence-electron chi connectivity index (χ4n) is 1.24. The number of hydrogen-bond donors (Lipinski definition) is 2. The fourth-order valence-corrected chi connectivity index (χ4v) is 1.24. The van der Waals surface area contributed by atoms with E-state index in [1.54, 1.807) is 6.92 Å². The SMILES string of the molecule is COC(=O)[C@@H](C)CNc1ccc(F)cc1N. The number of nitrogen functional groups attached to an aromatic ring is 1. The normalized spacial score (nSPS) is 11.9. The van der Waals surface area contributed by atoms with Crippen molar-refractivity contribution in [3.63, 3.8) is 0 Å². The second-order valence-electron chi connectivity index (χ2n) is 3.54. The van der Waals surface area contributed by atoms with E-state index in [2.05, 4.69) is 10.1 Å². The molecule has 1 rings (SSSR count). The highest BCUT2D eigenvalue weighted by Gasteiger charge is 2.12. The van der Waals surface area contributed by atoms with Crippen LogP contribution in [0.5, 0.6) is 0 Å². The van der Waals surface area contributed by atoms with E-state index in [9.17, 15) is 9.18 Å². The van der Waals surface area contributed by atoms with Crippen molar-refractivity contribution in [3.8, 4) is 0 Å². The van der Waals surface area contributed by atoms with Crippen LogP contribution in [0.3, 0.4) is 0 Å². The van der Waals surface area contributed by atoms with E-state index in [4.69, 9.17) is 5.73 Å². The number of carbonyl (C=O) groups excluding carboxylic acids is 1. The van der Waals surface area contributed by atoms with Crippen molar-refractivity contribution in [2.45, 2.75) is 6.92 Å². The summed E-state index contributed by atoms with van der Waals surface area (Å²) >= 11 is 0. The number of rotatable bonds is 4. The van der Waals surface area contributed by atoms with Gasteiger partial charge in [-0.05, 0) is 18.2 Å². The number of nitrogens with one attached hydrogen (secondary N) is 1. The summed E-state index contributed by atoms with van der Waals surface area (Å²) in [7, 11) is 1.34. The van der Waals surface area contributed by atoms with Crippen molar-refractivity contribution < 1.29 is 13.9 Å². The minimum Gasteiger partial charge on any atom is -0.469 e. The number of benzene rings is 1. The zero-order valence-electron chi connectivity index (χ0n) is 9.29. The van der Waals surface area contributed by atoms with Gasteiger partial charge in [-0.25, -0.2) is 4.39 Å². The van der Waals surface area contributed by atoms with Gasteiger partial charge in [0.1, 0.15) is 5.82 Å². The Labute approximate surface area is 93.6 Å². The van der Waals surface area contributed by atoms with Crippen LogP contribution in [-0.4, -0.2) is 19.6 Å². The first-order valence-corrected chi connectivity index (χ1v) is 4.91. The minimum absolute atomic E-state index is 0.283. The van der Waals surface area contributed by atoms with Gasteiger partial charge in [0.2, 0.25) is 0 Å². The first-order valence-electron chi connectivity index (χ1n) is 4.91. The Morgan fingerprint density at radius 1 is 1.62 bits per heavy atom. The molecule has 16 heavy (non-hydrogen) atoms. The van der Waals surface area contributed by atoms with E-state index < -0.39 is 0 Å². The van der Waals surface area contributed by atoms with E-state index in [1.165, 1.54) is 25.3 Å². The average molecular weight is 226 g/mol. The van der Waals surface area contributed by atoms with E-state index in [-0.39, 0.29) is 17.7 Å². The second kappa shape index (κ2) is 5.34. The summed E-state index contributed by atoms with van der Waals surface area (Å²) in [6.07, 6.45) is 0. The van der Waals surface area contributed by atoms with Crippen LogP contribution < -0.4 is 11.1 Å². The van der Waals surface area contributed by atoms with Gasteiger partial charge in [0.15, 0.2) is 0 Å². The number of ether oxygens (including phenoxy) is 1. The average Bonchev–Trinajstić information content (AvgIpc) is 2.26. The van der Waals surface area contributed by atoms with Crippen LogP contribution in [0.15, 0.2) is 18.2 Å². The second-order valence-corrected chi connectivity index (χ2v) is 3.54. The quantitative estimate of drug-likeness (QED) is 0.605. The highest BCUT2D eigenvalue weighted by atomic mass is 19.1. The van der Waals surface area contributed by atoms with Gasteiger partial charge in [0.05, 0.1) is 24.4 Å². The zero-order valence-corrected chi connectivity index (χ0v) is 9.29. The predicted molar refractivity (Wildman–Crippen MR) is 60.5 cm³/mol. The molecule has 3 N–H and O–H groups in total. The first-order chi connectivity index (χ1) is 7.54. The molecule has 5 heteroatoms. The molecule has 0 heterocycles. The maximum absolute atomic E-state index is 12.7. The van der Waals surface area contributed by atoms with Gasteiger partial charge < -0.3 is 15.8 Å². The van der Waals surface area contributed by atoms with Crippen molar-refractivity contribution in [1.29, 1.82) is 0 Å². The molecule has 4 nitrogen and oxygen atoms in total. The number of carbonyl (C=O) groups is 1. The molecule has 0 radical (unpaired) electrons. The van der Waals surface area contributed by atoms with Crippen LogP contribution in [0, 0.1) is 11.7 Å². The predicted octanol–water partition coefficient (Wildman–Crippen LogP) is 1.63. The Morgan fingerprint density at radius 3 is 2.88 bits per heavy atom. The maximum atomic E-state index is 12.7. The van der Waals surface area contributed by atoms with Crippen molar-refractivity contribution in [3.05, 3.63) is 24.0 Å². The van der Waals surface area contributed by atoms with E-state index in [1.807, 2.05) is 0 Å². The zero-order chi connectivity index (χ0) is 12.1. The monoisotopic (exact) mass is 226 g/mol. The van der Waals surface area contributed by atoms with E-state index in [0.717, 1.165) is 0 Å². The smallest absolute Gasteiger partial charge is 0.310 e. The summed E-state index contributed by atoms with van der Waals surface area (Å²) in [6.45, 7) is 2.13. The standard InChI is InChI=1S/C11H15FN2O2/c1-7(11(15)16-2)6-14-10-4-3-8(12)5-9(10)13/h3-5,7,14H,6,13H2,1-2H3/t7-/m0/s1. The Morgan fingerprint density at radius 2 is 2.31 bits per heavy atom. The Bertz CT molecular complexity index is 382. The highest BCUT2D eigenvalue weighted by molar-refractivity contribution is 5.73. The third-order valence-corrected chi connectivity index (χ3v) is 2.22. The van der Waals surface area contributed by atoms with Crippen molar-refractivity contribution in [2.24, 2.45) is 5.92 Å². The highest BCUT2D eigenvalue weighted by Crippen LogP contribution is 2.19. The molecule has 0 aliphatic carbocycles. The Hall–Kier alpha value is -1.78. The number of halogens is 1. The van der Waals surface area contributed by atoms with E-state index in [0.29, 0.717) is 17.9 Å². The van der Waals surface area contributed by atoms with Gasteiger partial charge >= 0.3 is 5.97 Å². The van der Waals surface area contributed by atoms with Crippen LogP contribution in [-0.2, 0) is 9.53 Å². The van der Waals surface area contributed by atoms with Gasteiger partial charge in [0, 0.05) is 6.54 Å². The van der Waals surface area contributed by atoms with Gasteiger partial charge in [0.25, 0.3) is 0 Å². The lowest BCUT2D eigenvalue weighted by atomic mass is 10.2. The summed E-state index contributed by atoms with van der Waals surface area (Å²) in [5, 5.41) is 2.96. The van der Waals surface area contributed by atoms with Crippen LogP contribution in [0.25, 0.3) is 0 Å². The van der Waals surface area contributed by atoms with Gasteiger partial charge in [-0.2, -0.15) is 0 Å². The van der Waals surface area contributed by atoms with Crippen molar-refractivity contribution in [2.75, 3.05) is 24.7 Å². The topological polar surface area (TPSA) is 64.3 Å². The number of nitrogens with two attached hydrogens (primary N) is 1. The third-order valence-electron chi connectivity index (χ3n) is 2.22. The van der Waals surface area contributed by atoms with Crippen LogP contribution >= 0.6 is 0 Å². The molecule has 0 aliphatic heterocycles. The van der Waals surface area contributed by atoms with Crippen LogP contribution in [0.4, 0.5) is 15.8 Å². The number of methoxy groups -OCH3 is 1. The summed E-state index contributed by atoms with van der Waals surface area (Å²) in [6, 6.07) is 4.07. The maximum Gasteiger partial charge on any atom is 0.310 e. The summed E-state index contributed by atoms with van der Waals surface area (Å²) < 4.78 is 17.3. The molecule has 0 saturated heterocycles. The molecule has 1 aromatic carbocycles. The summed E-state index contributed by atoms with van der Waals surface area (Å²) in [5.74, 6) is -0.966. The van der Waals surface area contributed by atoms with Crippen molar-refractivity contribution >= 4 is 17.3 Å². The van der Waals surface area contributed by atoms with E-state index >= 15 is 0 Å². The van der Waals surface area contributed by atoms with Crippen LogP contribution in [0.1, 0.15) is 6.92 Å². The Kier molecular flexibility index (Phi) is 4.10. The van der Waals surface area contributed by atoms with Crippen molar-refractivity contribution in [1.82, 2.24) is 0 Å². The molecule has 0 amide bonds. The first kappa shape index (κ1) is 12.3. The molecule has 0 aliphatic rings. The largest absolute Gasteiger partial charge is 0.469 e. The molecule has 0 bridgehead atoms. The molecule has 0 spiro atoms. The van der Waals surface area contributed by atoms with Gasteiger partial charge in [-0.3, -0.25) is 4.79 Å². The van der Waals surface area contributed by atoms with Crippen LogP contribution in [0.2, 0.25) is 0 Å². The van der Waals surface area contributed by atoms with Gasteiger partial charge in [-0.15, -0.1) is 0 Å². The lowest BCUT2D eigenvalue weighted by Gasteiger charge is -2.13. The summed E-state index contributed by atoms with van der Waals surface area (Å²) in [5.41, 5.74) is 6.52. The molecule has 0 unspecified atom stereocenters. The Balaban J connectivity index is 2.58. The van der Waals surface area contributed by atoms with Gasteiger partial charge in [-0.1, -0.05) is 6.92 Å². The molecule has 88 valence electrons. The molecule has 0 saturated carbocycles. The number of anilines is 2. The number of hydrogen-bond acceptors (Lipinski definition) is 4. The molecule has 1 atom stereocenters. The molecular weight excluding hydrogens is 211 g/mol. The molecule has 0 aromatic heterocycles. The molecule has 1 aromatic rings.